The van der Waals surface area contributed by atoms with Crippen molar-refractivity contribution in [2.75, 3.05) is 6.61 Å². The highest BCUT2D eigenvalue weighted by Crippen LogP contribution is 2.36. The molecule has 0 saturated heterocycles. The lowest BCUT2D eigenvalue weighted by atomic mass is 9.90. The molecule has 0 aromatic heterocycles. The van der Waals surface area contributed by atoms with Gasteiger partial charge in [0.1, 0.15) is 18.5 Å². The number of aliphatic hydroxyl groups excluding tert-OH is 1. The number of aldehydes is 1. The number of rotatable bonds is 9. The number of benzene rings is 2. The van der Waals surface area contributed by atoms with Gasteiger partial charge in [0.15, 0.2) is 23.6 Å². The zero-order valence-electron chi connectivity index (χ0n) is 19.0. The van der Waals surface area contributed by atoms with Gasteiger partial charge >= 0.3 is 0 Å². The maximum absolute atomic E-state index is 13.5. The van der Waals surface area contributed by atoms with E-state index in [-0.39, 0.29) is 34.8 Å². The van der Waals surface area contributed by atoms with Gasteiger partial charge < -0.3 is 25.2 Å². The van der Waals surface area contributed by atoms with E-state index in [2.05, 4.69) is 0 Å². The molecule has 0 radical (unpaired) electrons. The first-order chi connectivity index (χ1) is 14.9. The Kier molecular flexibility index (Phi) is 7.83. The predicted octanol–water partition coefficient (Wildman–Crippen LogP) is 3.47. The van der Waals surface area contributed by atoms with E-state index in [1.54, 1.807) is 13.0 Å². The van der Waals surface area contributed by atoms with Crippen LogP contribution in [0.3, 0.4) is 0 Å². The lowest BCUT2D eigenvalue weighted by Crippen LogP contribution is -2.40. The maximum Gasteiger partial charge on any atom is 0.198 e. The molecule has 2 aromatic rings. The molecular weight excluding hydrogens is 412 g/mol. The van der Waals surface area contributed by atoms with E-state index in [9.17, 15) is 30.0 Å². The summed E-state index contributed by atoms with van der Waals surface area (Å²) >= 11 is 0. The normalized spacial score (nSPS) is 12.2. The van der Waals surface area contributed by atoms with Crippen LogP contribution >= 0.6 is 0 Å². The third-order valence-corrected chi connectivity index (χ3v) is 5.06. The van der Waals surface area contributed by atoms with E-state index < -0.39 is 23.2 Å². The summed E-state index contributed by atoms with van der Waals surface area (Å²) in [4.78, 5) is 25.2. The third-order valence-electron chi connectivity index (χ3n) is 5.06. The molecule has 7 heteroatoms. The number of carbonyl (C=O) groups is 2. The molecule has 0 spiro atoms. The molecule has 1 atom stereocenters. The number of ketones is 1. The summed E-state index contributed by atoms with van der Waals surface area (Å²) in [5, 5.41) is 40.8. The van der Waals surface area contributed by atoms with Gasteiger partial charge in [-0.15, -0.1) is 0 Å². The minimum atomic E-state index is -1.42. The quantitative estimate of drug-likeness (QED) is 0.266. The Bertz CT molecular complexity index is 1040. The summed E-state index contributed by atoms with van der Waals surface area (Å²) in [6.07, 6.45) is 1.43. The van der Waals surface area contributed by atoms with E-state index in [1.165, 1.54) is 32.0 Å². The fourth-order valence-corrected chi connectivity index (χ4v) is 3.06. The first-order valence-corrected chi connectivity index (χ1v) is 10.2. The number of aryl methyl sites for hydroxylation is 1. The smallest absolute Gasteiger partial charge is 0.198 e. The molecule has 4 N–H and O–H groups in total. The van der Waals surface area contributed by atoms with Crippen LogP contribution in [0.1, 0.15) is 65.1 Å². The van der Waals surface area contributed by atoms with Gasteiger partial charge in [0.2, 0.25) is 0 Å². The summed E-state index contributed by atoms with van der Waals surface area (Å²) < 4.78 is 5.48. The molecule has 0 amide bonds. The van der Waals surface area contributed by atoms with Crippen molar-refractivity contribution < 1.29 is 34.8 Å². The van der Waals surface area contributed by atoms with Crippen LogP contribution in [0.25, 0.3) is 0 Å². The van der Waals surface area contributed by atoms with Crippen molar-refractivity contribution >= 4 is 12.1 Å². The van der Waals surface area contributed by atoms with Crippen molar-refractivity contribution in [2.45, 2.75) is 52.7 Å². The molecular formula is C25H30O7. The van der Waals surface area contributed by atoms with Crippen LogP contribution in [0, 0.1) is 6.92 Å². The molecule has 172 valence electrons. The number of phenols is 2. The Labute approximate surface area is 187 Å². The first kappa shape index (κ1) is 25.1. The fourth-order valence-electron chi connectivity index (χ4n) is 3.06. The fraction of sp³-hybridized carbons (Fsp3) is 0.360. The molecule has 7 nitrogen and oxygen atoms in total. The average molecular weight is 443 g/mol. The molecule has 2 aromatic carbocycles. The van der Waals surface area contributed by atoms with Crippen LogP contribution in [-0.2, 0) is 6.42 Å². The summed E-state index contributed by atoms with van der Waals surface area (Å²) in [6, 6.07) is 5.88. The second-order valence-corrected chi connectivity index (χ2v) is 8.60. The van der Waals surface area contributed by atoms with Crippen molar-refractivity contribution in [1.82, 2.24) is 0 Å². The summed E-state index contributed by atoms with van der Waals surface area (Å²) in [6.45, 7) is 8.03. The number of phenolic OH excluding ortho intramolecular Hbond substituents is 2. The van der Waals surface area contributed by atoms with E-state index in [1.807, 2.05) is 19.9 Å². The van der Waals surface area contributed by atoms with E-state index in [0.717, 1.165) is 5.57 Å². The van der Waals surface area contributed by atoms with Gasteiger partial charge in [-0.05, 0) is 70.4 Å². The molecule has 32 heavy (non-hydrogen) atoms. The molecule has 0 heterocycles. The molecule has 0 bridgehead atoms. The van der Waals surface area contributed by atoms with Crippen LogP contribution in [0.4, 0.5) is 0 Å². The molecule has 2 rings (SSSR count). The molecule has 0 aliphatic carbocycles. The van der Waals surface area contributed by atoms with E-state index in [4.69, 9.17) is 4.74 Å². The van der Waals surface area contributed by atoms with Crippen LogP contribution < -0.4 is 4.74 Å². The molecule has 0 aliphatic rings. The SMILES string of the molecule is CC(C)=CCc1ccc(O)c(C=O)c1C(=O)c1cc(C)cc(OC[C@@H](O)C(C)(C)O)c1O. The van der Waals surface area contributed by atoms with Crippen LogP contribution in [0.2, 0.25) is 0 Å². The van der Waals surface area contributed by atoms with Gasteiger partial charge in [0.05, 0.1) is 16.7 Å². The lowest BCUT2D eigenvalue weighted by molar-refractivity contribution is -0.0664. The Morgan fingerprint density at radius 3 is 2.41 bits per heavy atom. The van der Waals surface area contributed by atoms with Crippen LogP contribution in [-0.4, -0.2) is 50.8 Å². The lowest BCUT2D eigenvalue weighted by Gasteiger charge is -2.24. The zero-order chi connectivity index (χ0) is 24.2. The highest BCUT2D eigenvalue weighted by atomic mass is 16.5. The van der Waals surface area contributed by atoms with Crippen molar-refractivity contribution in [3.8, 4) is 17.2 Å². The van der Waals surface area contributed by atoms with Gasteiger partial charge in [-0.1, -0.05) is 17.7 Å². The molecule has 0 unspecified atom stereocenters. The minimum Gasteiger partial charge on any atom is -0.507 e. The Hall–Kier alpha value is -3.16. The second-order valence-electron chi connectivity index (χ2n) is 8.60. The maximum atomic E-state index is 13.5. The summed E-state index contributed by atoms with van der Waals surface area (Å²) in [5.41, 5.74) is 0.456. The van der Waals surface area contributed by atoms with Gasteiger partial charge in [-0.3, -0.25) is 9.59 Å². The van der Waals surface area contributed by atoms with Crippen molar-refractivity contribution in [3.63, 3.8) is 0 Å². The summed E-state index contributed by atoms with van der Waals surface area (Å²) in [5.74, 6) is -1.48. The van der Waals surface area contributed by atoms with Gasteiger partial charge in [-0.25, -0.2) is 0 Å². The van der Waals surface area contributed by atoms with Crippen molar-refractivity contribution in [3.05, 3.63) is 63.7 Å². The Balaban J connectivity index is 2.56. The van der Waals surface area contributed by atoms with Crippen molar-refractivity contribution in [1.29, 1.82) is 0 Å². The number of carbonyl (C=O) groups excluding carboxylic acids is 2. The number of allylic oxidation sites excluding steroid dienone is 2. The highest BCUT2D eigenvalue weighted by Gasteiger charge is 2.27. The van der Waals surface area contributed by atoms with Gasteiger partial charge in [-0.2, -0.15) is 0 Å². The second kappa shape index (κ2) is 9.97. The largest absolute Gasteiger partial charge is 0.507 e. The average Bonchev–Trinajstić information content (AvgIpc) is 2.71. The Morgan fingerprint density at radius 1 is 1.19 bits per heavy atom. The highest BCUT2D eigenvalue weighted by molar-refractivity contribution is 6.16. The monoisotopic (exact) mass is 442 g/mol. The molecule has 0 aliphatic heterocycles. The zero-order valence-corrected chi connectivity index (χ0v) is 19.0. The third kappa shape index (κ3) is 5.75. The molecule has 0 fully saturated rings. The van der Waals surface area contributed by atoms with Gasteiger partial charge in [0.25, 0.3) is 0 Å². The van der Waals surface area contributed by atoms with Crippen LogP contribution in [0.5, 0.6) is 17.2 Å². The number of aliphatic hydroxyl groups is 2. The van der Waals surface area contributed by atoms with E-state index in [0.29, 0.717) is 23.8 Å². The topological polar surface area (TPSA) is 124 Å². The number of hydrogen-bond donors (Lipinski definition) is 4. The summed E-state index contributed by atoms with van der Waals surface area (Å²) in [7, 11) is 0. The van der Waals surface area contributed by atoms with Crippen LogP contribution in [0.15, 0.2) is 35.9 Å². The minimum absolute atomic E-state index is 0.000811. The number of hydrogen-bond acceptors (Lipinski definition) is 7. The van der Waals surface area contributed by atoms with Gasteiger partial charge in [0, 0.05) is 5.56 Å². The predicted molar refractivity (Wildman–Crippen MR) is 121 cm³/mol. The van der Waals surface area contributed by atoms with Crippen molar-refractivity contribution in [2.24, 2.45) is 0 Å². The number of aromatic hydroxyl groups is 2. The standard InChI is InChI=1S/C25H30O7/c1-14(2)6-7-16-8-9-19(27)18(12-26)22(16)24(30)17-10-15(3)11-20(23(17)29)32-13-21(28)25(4,5)31/h6,8-12,21,27-29,31H,7,13H2,1-5H3/t21-/m1/s1. The first-order valence-electron chi connectivity index (χ1n) is 10.2. The van der Waals surface area contributed by atoms with E-state index >= 15 is 0 Å². The Morgan fingerprint density at radius 2 is 1.84 bits per heavy atom. The molecule has 0 saturated carbocycles. The number of ether oxygens (including phenoxy) is 1.